The van der Waals surface area contributed by atoms with Crippen LogP contribution in [0.25, 0.3) is 0 Å². The van der Waals surface area contributed by atoms with Crippen LogP contribution in [-0.4, -0.2) is 30.0 Å². The summed E-state index contributed by atoms with van der Waals surface area (Å²) in [5, 5.41) is 11.0. The van der Waals surface area contributed by atoms with E-state index in [1.54, 1.807) is 6.92 Å². The summed E-state index contributed by atoms with van der Waals surface area (Å²) in [6.45, 7) is 4.32. The molecule has 0 atom stereocenters. The first kappa shape index (κ1) is 14.4. The molecule has 0 N–H and O–H groups in total. The van der Waals surface area contributed by atoms with Gasteiger partial charge in [-0.25, -0.2) is 0 Å². The minimum absolute atomic E-state index is 0.176. The number of hydrogen-bond donors (Lipinski definition) is 0. The minimum atomic E-state index is -1.03. The lowest BCUT2D eigenvalue weighted by molar-refractivity contribution is -0.592. The van der Waals surface area contributed by atoms with Crippen LogP contribution in [-0.2, 0) is 9.47 Å². The summed E-state index contributed by atoms with van der Waals surface area (Å²) >= 11 is 0. The maximum Gasteiger partial charge on any atom is 0.267 e. The van der Waals surface area contributed by atoms with Crippen molar-refractivity contribution >= 4 is 0 Å². The van der Waals surface area contributed by atoms with E-state index >= 15 is 0 Å². The Kier molecular flexibility index (Phi) is 5.85. The van der Waals surface area contributed by atoms with Crippen LogP contribution >= 0.6 is 0 Å². The number of hydrogen-bond acceptors (Lipinski definition) is 4. The quantitative estimate of drug-likeness (QED) is 0.393. The van der Waals surface area contributed by atoms with E-state index in [1.165, 1.54) is 19.3 Å². The Bertz CT molecular complexity index is 237. The van der Waals surface area contributed by atoms with Crippen LogP contribution in [0.4, 0.5) is 0 Å². The topological polar surface area (TPSA) is 61.6 Å². The second-order valence-corrected chi connectivity index (χ2v) is 4.74. The molecule has 5 heteroatoms. The highest BCUT2D eigenvalue weighted by Gasteiger charge is 2.46. The molecule has 1 fully saturated rings. The third-order valence-electron chi connectivity index (χ3n) is 3.41. The van der Waals surface area contributed by atoms with Crippen LogP contribution in [0, 0.1) is 10.1 Å². The molecule has 1 rings (SSSR count). The van der Waals surface area contributed by atoms with Crippen molar-refractivity contribution in [3.8, 4) is 0 Å². The molecule has 0 amide bonds. The van der Waals surface area contributed by atoms with Crippen molar-refractivity contribution in [1.29, 1.82) is 0 Å². The molecule has 0 spiro atoms. The molecular weight excluding hydrogens is 222 g/mol. The molecule has 5 nitrogen and oxygen atoms in total. The molecular formula is C12H23NO4. The Labute approximate surface area is 103 Å². The predicted octanol–water partition coefficient (Wildman–Crippen LogP) is 2.76. The molecule has 0 aromatic rings. The first-order chi connectivity index (χ1) is 8.14. The van der Waals surface area contributed by atoms with Gasteiger partial charge in [0.05, 0.1) is 0 Å². The highest BCUT2D eigenvalue weighted by Crippen LogP contribution is 2.24. The normalized spacial score (nSPS) is 29.2. The lowest BCUT2D eigenvalue weighted by Gasteiger charge is -2.32. The van der Waals surface area contributed by atoms with E-state index in [-0.39, 0.29) is 24.4 Å². The fourth-order valence-corrected chi connectivity index (χ4v) is 1.93. The van der Waals surface area contributed by atoms with Crippen molar-refractivity contribution in [2.75, 3.05) is 13.2 Å². The summed E-state index contributed by atoms with van der Waals surface area (Å²) in [5.74, 6) is 0. The van der Waals surface area contributed by atoms with Crippen LogP contribution in [0.5, 0.6) is 0 Å². The molecule has 1 heterocycles. The molecule has 1 saturated heterocycles. The molecule has 0 aromatic carbocycles. The fraction of sp³-hybridized carbons (Fsp3) is 1.00. The van der Waals surface area contributed by atoms with Gasteiger partial charge in [0.15, 0.2) is 6.29 Å². The molecule has 1 aliphatic heterocycles. The summed E-state index contributed by atoms with van der Waals surface area (Å²) in [4.78, 5) is 10.7. The number of nitrogens with zero attached hydrogens (tertiary/aromatic N) is 1. The zero-order valence-electron chi connectivity index (χ0n) is 10.8. The van der Waals surface area contributed by atoms with Crippen molar-refractivity contribution in [2.45, 2.75) is 64.2 Å². The summed E-state index contributed by atoms with van der Waals surface area (Å²) in [6.07, 6.45) is 5.71. The first-order valence-corrected chi connectivity index (χ1v) is 6.52. The van der Waals surface area contributed by atoms with Crippen molar-refractivity contribution < 1.29 is 14.4 Å². The maximum absolute atomic E-state index is 11.0. The van der Waals surface area contributed by atoms with Crippen molar-refractivity contribution in [3.05, 3.63) is 10.1 Å². The van der Waals surface area contributed by atoms with Crippen molar-refractivity contribution in [3.63, 3.8) is 0 Å². The van der Waals surface area contributed by atoms with E-state index in [9.17, 15) is 10.1 Å². The number of nitro groups is 1. The van der Waals surface area contributed by atoms with Gasteiger partial charge in [0.2, 0.25) is 0 Å². The average Bonchev–Trinajstić information content (AvgIpc) is 2.35. The van der Waals surface area contributed by atoms with Crippen molar-refractivity contribution in [1.82, 2.24) is 0 Å². The molecule has 0 aliphatic carbocycles. The lowest BCUT2D eigenvalue weighted by atomic mass is 9.98. The Balaban J connectivity index is 2.27. The summed E-state index contributed by atoms with van der Waals surface area (Å²) in [7, 11) is 0. The highest BCUT2D eigenvalue weighted by atomic mass is 16.7. The highest BCUT2D eigenvalue weighted by molar-refractivity contribution is 4.80. The van der Waals surface area contributed by atoms with E-state index in [0.29, 0.717) is 6.42 Å². The van der Waals surface area contributed by atoms with Crippen molar-refractivity contribution in [2.24, 2.45) is 0 Å². The smallest absolute Gasteiger partial charge is 0.267 e. The maximum atomic E-state index is 11.0. The van der Waals surface area contributed by atoms with E-state index in [4.69, 9.17) is 9.47 Å². The summed E-state index contributed by atoms with van der Waals surface area (Å²) < 4.78 is 10.9. The summed E-state index contributed by atoms with van der Waals surface area (Å²) in [6, 6.07) is 0. The third-order valence-corrected chi connectivity index (χ3v) is 3.41. The van der Waals surface area contributed by atoms with Gasteiger partial charge < -0.3 is 9.47 Å². The molecule has 0 unspecified atom stereocenters. The number of unbranched alkanes of at least 4 members (excludes halogenated alkanes) is 3. The second kappa shape index (κ2) is 6.91. The van der Waals surface area contributed by atoms with Gasteiger partial charge in [-0.3, -0.25) is 10.1 Å². The van der Waals surface area contributed by atoms with Gasteiger partial charge in [-0.05, 0) is 12.8 Å². The Morgan fingerprint density at radius 1 is 1.24 bits per heavy atom. The van der Waals surface area contributed by atoms with Gasteiger partial charge in [0.1, 0.15) is 13.2 Å². The molecule has 100 valence electrons. The first-order valence-electron chi connectivity index (χ1n) is 6.52. The molecule has 0 aromatic heterocycles. The largest absolute Gasteiger partial charge is 0.345 e. The van der Waals surface area contributed by atoms with Crippen LogP contribution in [0.2, 0.25) is 0 Å². The van der Waals surface area contributed by atoms with Crippen LogP contribution in [0.15, 0.2) is 0 Å². The van der Waals surface area contributed by atoms with Gasteiger partial charge in [-0.1, -0.05) is 33.1 Å². The van der Waals surface area contributed by atoms with E-state index in [1.807, 2.05) is 0 Å². The van der Waals surface area contributed by atoms with Crippen LogP contribution in [0.1, 0.15) is 52.4 Å². The number of rotatable bonds is 7. The lowest BCUT2D eigenvalue weighted by Crippen LogP contribution is -2.52. The van der Waals surface area contributed by atoms with Crippen LogP contribution < -0.4 is 0 Å². The van der Waals surface area contributed by atoms with Gasteiger partial charge in [-0.2, -0.15) is 0 Å². The molecule has 0 radical (unpaired) electrons. The second-order valence-electron chi connectivity index (χ2n) is 4.74. The Morgan fingerprint density at radius 2 is 1.88 bits per heavy atom. The molecule has 1 aliphatic rings. The SMILES string of the molecule is CCCCCCC1OCC(CC)([N+](=O)[O-])CO1. The molecule has 0 saturated carbocycles. The van der Waals surface area contributed by atoms with Gasteiger partial charge in [-0.15, -0.1) is 0 Å². The van der Waals surface area contributed by atoms with Crippen LogP contribution in [0.3, 0.4) is 0 Å². The van der Waals surface area contributed by atoms with Gasteiger partial charge >= 0.3 is 0 Å². The zero-order valence-corrected chi connectivity index (χ0v) is 10.8. The monoisotopic (exact) mass is 245 g/mol. The molecule has 17 heavy (non-hydrogen) atoms. The Hall–Kier alpha value is -0.680. The fourth-order valence-electron chi connectivity index (χ4n) is 1.93. The minimum Gasteiger partial charge on any atom is -0.345 e. The van der Waals surface area contributed by atoms with E-state index in [0.717, 1.165) is 12.8 Å². The average molecular weight is 245 g/mol. The third kappa shape index (κ3) is 3.92. The Morgan fingerprint density at radius 3 is 2.35 bits per heavy atom. The van der Waals surface area contributed by atoms with E-state index < -0.39 is 5.54 Å². The van der Waals surface area contributed by atoms with E-state index in [2.05, 4.69) is 6.92 Å². The summed E-state index contributed by atoms with van der Waals surface area (Å²) in [5.41, 5.74) is -1.03. The van der Waals surface area contributed by atoms with Gasteiger partial charge in [0, 0.05) is 11.3 Å². The zero-order chi connectivity index (χ0) is 12.7. The predicted molar refractivity (Wildman–Crippen MR) is 64.5 cm³/mol. The van der Waals surface area contributed by atoms with Gasteiger partial charge in [0.25, 0.3) is 5.54 Å². The molecule has 0 bridgehead atoms. The standard InChI is InChI=1S/C12H23NO4/c1-3-5-6-7-8-11-16-9-12(4-2,10-17-11)13(14)15/h11H,3-10H2,1-2H3. The number of ether oxygens (including phenoxy) is 2.